The Morgan fingerprint density at radius 2 is 1.70 bits per heavy atom. The molecule has 2 aromatic rings. The first-order chi connectivity index (χ1) is 18.9. The van der Waals surface area contributed by atoms with Crippen LogP contribution in [0.25, 0.3) is 0 Å². The summed E-state index contributed by atoms with van der Waals surface area (Å²) >= 11 is 1.57. The van der Waals surface area contributed by atoms with Crippen molar-refractivity contribution < 1.29 is 28.2 Å². The average molecular weight is 583 g/mol. The molecule has 0 aliphatic carbocycles. The van der Waals surface area contributed by atoms with E-state index in [1.165, 1.54) is 0 Å². The van der Waals surface area contributed by atoms with Gasteiger partial charge in [-0.15, -0.1) is 11.8 Å². The molecule has 3 aliphatic heterocycles. The van der Waals surface area contributed by atoms with E-state index in [4.69, 9.17) is 23.4 Å². The van der Waals surface area contributed by atoms with E-state index in [0.717, 1.165) is 22.8 Å². The maximum Gasteiger partial charge on any atom is 0.193 e. The minimum Gasteiger partial charge on any atom is -0.497 e. The highest BCUT2D eigenvalue weighted by molar-refractivity contribution is 8.01. The van der Waals surface area contributed by atoms with Crippen LogP contribution in [-0.4, -0.2) is 57.0 Å². The van der Waals surface area contributed by atoms with Crippen molar-refractivity contribution in [1.82, 2.24) is 0 Å². The minimum absolute atomic E-state index is 0.0363. The summed E-state index contributed by atoms with van der Waals surface area (Å²) in [6.45, 7) is 13.8. The third kappa shape index (κ3) is 5.73. The van der Waals surface area contributed by atoms with Gasteiger partial charge in [-0.05, 0) is 74.0 Å². The summed E-state index contributed by atoms with van der Waals surface area (Å²) in [5, 5.41) is 0.0363. The molecular formula is C32H42O6SSi. The quantitative estimate of drug-likeness (QED) is 0.324. The van der Waals surface area contributed by atoms with Gasteiger partial charge in [0.15, 0.2) is 14.1 Å². The van der Waals surface area contributed by atoms with E-state index in [9.17, 15) is 4.79 Å². The summed E-state index contributed by atoms with van der Waals surface area (Å²) < 4.78 is 31.0. The van der Waals surface area contributed by atoms with Crippen molar-refractivity contribution in [3.05, 3.63) is 66.4 Å². The molecule has 2 aromatic carbocycles. The molecule has 3 aliphatic rings. The van der Waals surface area contributed by atoms with Crippen molar-refractivity contribution in [2.75, 3.05) is 13.7 Å². The van der Waals surface area contributed by atoms with Crippen molar-refractivity contribution >= 4 is 25.9 Å². The third-order valence-electron chi connectivity index (χ3n) is 8.92. The van der Waals surface area contributed by atoms with Crippen molar-refractivity contribution in [1.29, 1.82) is 0 Å². The Kier molecular flexibility index (Phi) is 8.18. The Labute approximate surface area is 243 Å². The highest BCUT2D eigenvalue weighted by Crippen LogP contribution is 2.49. The van der Waals surface area contributed by atoms with E-state index in [-0.39, 0.29) is 28.9 Å². The van der Waals surface area contributed by atoms with E-state index < -0.39 is 25.3 Å². The zero-order valence-electron chi connectivity index (χ0n) is 24.6. The molecule has 40 heavy (non-hydrogen) atoms. The first-order valence-corrected chi connectivity index (χ1v) is 17.9. The molecule has 6 nitrogen and oxygen atoms in total. The molecule has 0 aromatic heterocycles. The van der Waals surface area contributed by atoms with Crippen LogP contribution in [-0.2, 0) is 18.7 Å². The highest BCUT2D eigenvalue weighted by atomic mass is 32.2. The number of carbonyl (C=O) groups is 1. The second kappa shape index (κ2) is 11.2. The Hall–Kier alpha value is -2.26. The lowest BCUT2D eigenvalue weighted by Crippen LogP contribution is -2.52. The molecule has 6 atom stereocenters. The topological polar surface area (TPSA) is 63.2 Å². The zero-order chi connectivity index (χ0) is 28.7. The molecule has 216 valence electrons. The first kappa shape index (κ1) is 29.2. The molecule has 5 rings (SSSR count). The van der Waals surface area contributed by atoms with Gasteiger partial charge in [0.1, 0.15) is 46.4 Å². The van der Waals surface area contributed by atoms with Gasteiger partial charge in [0, 0.05) is 23.8 Å². The number of hydrogen-bond acceptors (Lipinski definition) is 7. The predicted molar refractivity (Wildman–Crippen MR) is 161 cm³/mol. The minimum atomic E-state index is -2.14. The monoisotopic (exact) mass is 582 g/mol. The molecule has 2 bridgehead atoms. The summed E-state index contributed by atoms with van der Waals surface area (Å²) in [4.78, 5) is 15.6. The highest BCUT2D eigenvalue weighted by Gasteiger charge is 2.57. The van der Waals surface area contributed by atoms with Gasteiger partial charge in [-0.25, -0.2) is 0 Å². The fourth-order valence-electron chi connectivity index (χ4n) is 5.44. The second-order valence-corrected chi connectivity index (χ2v) is 18.9. The van der Waals surface area contributed by atoms with Crippen LogP contribution in [0.2, 0.25) is 18.1 Å². The Balaban J connectivity index is 1.56. The van der Waals surface area contributed by atoms with Crippen LogP contribution in [0.15, 0.2) is 71.3 Å². The first-order valence-electron chi connectivity index (χ1n) is 14.2. The number of ketones is 1. The molecule has 0 spiro atoms. The van der Waals surface area contributed by atoms with Crippen LogP contribution >= 0.6 is 11.8 Å². The van der Waals surface area contributed by atoms with Gasteiger partial charge in [-0.1, -0.05) is 39.0 Å². The Bertz CT molecular complexity index is 1220. The second-order valence-electron chi connectivity index (χ2n) is 12.7. The zero-order valence-corrected chi connectivity index (χ0v) is 26.5. The van der Waals surface area contributed by atoms with Crippen molar-refractivity contribution in [2.45, 2.75) is 92.7 Å². The molecule has 0 N–H and O–H groups in total. The summed E-state index contributed by atoms with van der Waals surface area (Å²) in [6, 6.07) is 17.6. The third-order valence-corrected chi connectivity index (χ3v) is 14.8. The van der Waals surface area contributed by atoms with E-state index in [2.05, 4.69) is 39.9 Å². The lowest BCUT2D eigenvalue weighted by atomic mass is 9.83. The van der Waals surface area contributed by atoms with E-state index >= 15 is 0 Å². The van der Waals surface area contributed by atoms with E-state index in [0.29, 0.717) is 18.8 Å². The van der Waals surface area contributed by atoms with Gasteiger partial charge < -0.3 is 23.4 Å². The molecule has 0 amide bonds. The molecule has 0 radical (unpaired) electrons. The number of Topliss-reactive ketones (excluding diaryl/α,β-unsaturated/α-hetero) is 1. The molecular weight excluding hydrogens is 540 g/mol. The summed E-state index contributed by atoms with van der Waals surface area (Å²) in [7, 11) is -0.494. The van der Waals surface area contributed by atoms with Crippen LogP contribution in [0.5, 0.6) is 11.5 Å². The average Bonchev–Trinajstić information content (AvgIpc) is 3.55. The molecule has 0 unspecified atom stereocenters. The largest absolute Gasteiger partial charge is 0.497 e. The smallest absolute Gasteiger partial charge is 0.193 e. The molecule has 3 heterocycles. The van der Waals surface area contributed by atoms with Crippen LogP contribution in [0.1, 0.15) is 40.5 Å². The maximum atomic E-state index is 14.5. The number of fused-ring (bicyclic) bond motifs is 3. The van der Waals surface area contributed by atoms with Crippen molar-refractivity contribution in [2.24, 2.45) is 5.92 Å². The number of ether oxygens (including phenoxy) is 4. The molecule has 2 fully saturated rings. The Morgan fingerprint density at radius 1 is 1.02 bits per heavy atom. The lowest BCUT2D eigenvalue weighted by Gasteiger charge is -2.39. The van der Waals surface area contributed by atoms with Crippen LogP contribution in [0, 0.1) is 5.92 Å². The van der Waals surface area contributed by atoms with Crippen molar-refractivity contribution in [3.63, 3.8) is 0 Å². The molecule has 0 saturated carbocycles. The number of rotatable bonds is 7. The van der Waals surface area contributed by atoms with Crippen LogP contribution in [0.4, 0.5) is 0 Å². The standard InChI is InChI=1S/C32H42O6SSi/c1-31(2,3)40(6,7)38-27-20-28-32(4,39-23-11-9-8-10-12-23)30(33)29-24(17-18-35-29)25(19-26(27)37-28)36-22-15-13-21(34-5)14-16-22/h8-16,19,24-25,27-29H,17-18,20H2,1-7H3/b26-19+/t24-,25-,27-,28-,29+,32-/m0/s1. The van der Waals surface area contributed by atoms with Gasteiger partial charge >= 0.3 is 0 Å². The number of hydrogen-bond donors (Lipinski definition) is 0. The summed E-state index contributed by atoms with van der Waals surface area (Å²) in [6.07, 6.45) is 1.81. The SMILES string of the molecule is COc1ccc(O[C@H]2/C=C3/O[C@@H](C[C@@H]3O[Si](C)(C)C(C)(C)C)[C@](C)(Sc3ccccc3)C(=O)[C@@H]3OCC[C@@H]23)cc1. The maximum absolute atomic E-state index is 14.5. The number of benzene rings is 2. The fourth-order valence-corrected chi connectivity index (χ4v) is 8.00. The summed E-state index contributed by atoms with van der Waals surface area (Å²) in [5.74, 6) is 2.15. The van der Waals surface area contributed by atoms with Gasteiger partial charge in [0.25, 0.3) is 0 Å². The van der Waals surface area contributed by atoms with E-state index in [1.54, 1.807) is 18.9 Å². The Morgan fingerprint density at radius 3 is 2.35 bits per heavy atom. The van der Waals surface area contributed by atoms with Gasteiger partial charge in [0.05, 0.1) is 7.11 Å². The normalized spacial score (nSPS) is 31.7. The fraction of sp³-hybridized carbons (Fsp3) is 0.531. The lowest BCUT2D eigenvalue weighted by molar-refractivity contribution is -0.135. The predicted octanol–water partition coefficient (Wildman–Crippen LogP) is 7.04. The number of methoxy groups -OCH3 is 1. The molecule has 8 heteroatoms. The van der Waals surface area contributed by atoms with E-state index in [1.807, 2.05) is 61.5 Å². The van der Waals surface area contributed by atoms with Crippen LogP contribution in [0.3, 0.4) is 0 Å². The van der Waals surface area contributed by atoms with Gasteiger partial charge in [-0.3, -0.25) is 4.79 Å². The summed E-state index contributed by atoms with van der Waals surface area (Å²) in [5.41, 5.74) is 0. The molecule has 2 saturated heterocycles. The van der Waals surface area contributed by atoms with Crippen LogP contribution < -0.4 is 9.47 Å². The van der Waals surface area contributed by atoms with Crippen molar-refractivity contribution in [3.8, 4) is 11.5 Å². The number of carbonyl (C=O) groups excluding carboxylic acids is 1. The van der Waals surface area contributed by atoms with Gasteiger partial charge in [-0.2, -0.15) is 0 Å². The number of thioether (sulfide) groups is 1. The van der Waals surface area contributed by atoms with Gasteiger partial charge in [0.2, 0.25) is 0 Å².